The number of aryl methyl sites for hydroxylation is 3. The molecule has 0 unspecified atom stereocenters. The Hall–Kier alpha value is -1.74. The van der Waals surface area contributed by atoms with Crippen LogP contribution in [0.15, 0.2) is 17.4 Å². The van der Waals surface area contributed by atoms with Gasteiger partial charge >= 0.3 is 0 Å². The van der Waals surface area contributed by atoms with E-state index >= 15 is 0 Å². The summed E-state index contributed by atoms with van der Waals surface area (Å²) in [6.45, 7) is 3.37. The van der Waals surface area contributed by atoms with E-state index in [1.807, 2.05) is 0 Å². The van der Waals surface area contributed by atoms with E-state index < -0.39 is 16.1 Å². The topological polar surface area (TPSA) is 94.7 Å². The van der Waals surface area contributed by atoms with Crippen LogP contribution in [0.2, 0.25) is 0 Å². The van der Waals surface area contributed by atoms with Crippen LogP contribution in [-0.2, 0) is 24.1 Å². The summed E-state index contributed by atoms with van der Waals surface area (Å²) in [6.07, 6.45) is 2.86. The Bertz CT molecular complexity index is 687. The lowest BCUT2D eigenvalue weighted by atomic mass is 10.3. The number of hydrogen-bond donors (Lipinski definition) is 1. The first-order valence-corrected chi connectivity index (χ1v) is 7.16. The van der Waals surface area contributed by atoms with Gasteiger partial charge in [-0.1, -0.05) is 0 Å². The molecule has 0 amide bonds. The van der Waals surface area contributed by atoms with Gasteiger partial charge in [0.15, 0.2) is 0 Å². The zero-order valence-electron chi connectivity index (χ0n) is 11.2. The minimum absolute atomic E-state index is 0.170. The third-order valence-electron chi connectivity index (χ3n) is 2.72. The molecule has 0 fully saturated rings. The molecular weight excluding hydrogens is 268 g/mol. The molecule has 104 valence electrons. The summed E-state index contributed by atoms with van der Waals surface area (Å²) >= 11 is 0. The highest BCUT2D eigenvalue weighted by molar-refractivity contribution is 7.89. The molecule has 0 aliphatic carbocycles. The molecule has 8 nitrogen and oxygen atoms in total. The van der Waals surface area contributed by atoms with Gasteiger partial charge in [-0.05, 0) is 13.8 Å². The van der Waals surface area contributed by atoms with Crippen LogP contribution in [0.1, 0.15) is 24.5 Å². The van der Waals surface area contributed by atoms with Crippen molar-refractivity contribution in [2.24, 2.45) is 14.1 Å². The van der Waals surface area contributed by atoms with Crippen molar-refractivity contribution >= 4 is 10.0 Å². The number of rotatable bonds is 4. The highest BCUT2D eigenvalue weighted by atomic mass is 32.2. The summed E-state index contributed by atoms with van der Waals surface area (Å²) in [4.78, 5) is 4.20. The van der Waals surface area contributed by atoms with Gasteiger partial charge < -0.3 is 0 Å². The van der Waals surface area contributed by atoms with Crippen molar-refractivity contribution in [1.29, 1.82) is 0 Å². The predicted octanol–water partition coefficient (Wildman–Crippen LogP) is -0.103. The van der Waals surface area contributed by atoms with Gasteiger partial charge in [0, 0.05) is 20.3 Å². The van der Waals surface area contributed by atoms with Crippen molar-refractivity contribution in [3.05, 3.63) is 24.0 Å². The lowest BCUT2D eigenvalue weighted by Crippen LogP contribution is -2.29. The molecule has 2 heterocycles. The highest BCUT2D eigenvalue weighted by Gasteiger charge is 2.24. The molecule has 2 rings (SSSR count). The van der Waals surface area contributed by atoms with Gasteiger partial charge in [-0.2, -0.15) is 10.2 Å². The first kappa shape index (κ1) is 13.7. The van der Waals surface area contributed by atoms with Crippen LogP contribution in [0, 0.1) is 6.92 Å². The summed E-state index contributed by atoms with van der Waals surface area (Å²) in [5, 5.41) is 7.95. The molecule has 0 aliphatic heterocycles. The second kappa shape index (κ2) is 4.74. The Morgan fingerprint density at radius 3 is 2.53 bits per heavy atom. The summed E-state index contributed by atoms with van der Waals surface area (Å²) in [7, 11) is -0.237. The minimum Gasteiger partial charge on any atom is -0.274 e. The molecule has 0 saturated heterocycles. The number of aromatic nitrogens is 5. The Morgan fingerprint density at radius 1 is 1.37 bits per heavy atom. The fourth-order valence-corrected chi connectivity index (χ4v) is 3.31. The Balaban J connectivity index is 2.28. The second-order valence-electron chi connectivity index (χ2n) is 4.34. The van der Waals surface area contributed by atoms with E-state index in [2.05, 4.69) is 19.9 Å². The van der Waals surface area contributed by atoms with Crippen molar-refractivity contribution in [3.8, 4) is 0 Å². The molecule has 0 bridgehead atoms. The molecule has 0 aromatic carbocycles. The van der Waals surface area contributed by atoms with E-state index in [4.69, 9.17) is 0 Å². The van der Waals surface area contributed by atoms with Crippen molar-refractivity contribution in [2.45, 2.75) is 24.8 Å². The van der Waals surface area contributed by atoms with Crippen LogP contribution in [0.25, 0.3) is 0 Å². The molecule has 0 saturated carbocycles. The molecule has 2 aromatic heterocycles. The summed E-state index contributed by atoms with van der Waals surface area (Å²) in [6, 6.07) is -0.475. The normalized spacial score (nSPS) is 13.7. The minimum atomic E-state index is -3.63. The molecule has 9 heteroatoms. The largest absolute Gasteiger partial charge is 0.274 e. The maximum atomic E-state index is 12.3. The molecule has 1 atom stereocenters. The predicted molar refractivity (Wildman–Crippen MR) is 67.7 cm³/mol. The second-order valence-corrected chi connectivity index (χ2v) is 6.02. The van der Waals surface area contributed by atoms with Crippen LogP contribution in [-0.4, -0.2) is 33.0 Å². The van der Waals surface area contributed by atoms with Gasteiger partial charge in [-0.25, -0.2) is 18.1 Å². The van der Waals surface area contributed by atoms with Crippen molar-refractivity contribution in [2.75, 3.05) is 0 Å². The maximum Gasteiger partial charge on any atom is 0.244 e. The number of sulfonamides is 1. The van der Waals surface area contributed by atoms with Crippen LogP contribution in [0.5, 0.6) is 0 Å². The molecule has 0 radical (unpaired) electrons. The zero-order valence-corrected chi connectivity index (χ0v) is 12.0. The quantitative estimate of drug-likeness (QED) is 0.845. The molecule has 0 spiro atoms. The standard InChI is InChI=1S/C10H16N6O2S/c1-7-9(5-15(3)13-7)19(17,18)14-8(2)10-11-6-12-16(10)4/h5-6,8,14H,1-4H3/t8-/m0/s1. The highest BCUT2D eigenvalue weighted by Crippen LogP contribution is 2.16. The Labute approximate surface area is 111 Å². The Kier molecular flexibility index (Phi) is 3.42. The lowest BCUT2D eigenvalue weighted by Gasteiger charge is -2.12. The van der Waals surface area contributed by atoms with Crippen LogP contribution in [0.4, 0.5) is 0 Å². The van der Waals surface area contributed by atoms with Gasteiger partial charge in [0.2, 0.25) is 10.0 Å². The third kappa shape index (κ3) is 2.66. The first-order chi connectivity index (χ1) is 8.81. The SMILES string of the molecule is Cc1nn(C)cc1S(=O)(=O)N[C@@H](C)c1ncnn1C. The van der Waals surface area contributed by atoms with E-state index in [0.29, 0.717) is 11.5 Å². The zero-order chi connectivity index (χ0) is 14.2. The van der Waals surface area contributed by atoms with E-state index in [9.17, 15) is 8.42 Å². The third-order valence-corrected chi connectivity index (χ3v) is 4.37. The van der Waals surface area contributed by atoms with Crippen molar-refractivity contribution in [1.82, 2.24) is 29.3 Å². The fraction of sp³-hybridized carbons (Fsp3) is 0.500. The van der Waals surface area contributed by atoms with Crippen LogP contribution in [0.3, 0.4) is 0 Å². The first-order valence-electron chi connectivity index (χ1n) is 5.67. The van der Waals surface area contributed by atoms with Gasteiger partial charge in [-0.3, -0.25) is 9.36 Å². The van der Waals surface area contributed by atoms with Gasteiger partial charge in [0.1, 0.15) is 17.0 Å². The Morgan fingerprint density at radius 2 is 2.05 bits per heavy atom. The van der Waals surface area contributed by atoms with E-state index in [1.165, 1.54) is 21.9 Å². The fourth-order valence-electron chi connectivity index (χ4n) is 1.89. The van der Waals surface area contributed by atoms with Crippen LogP contribution >= 0.6 is 0 Å². The van der Waals surface area contributed by atoms with Crippen LogP contribution < -0.4 is 4.72 Å². The van der Waals surface area contributed by atoms with E-state index in [0.717, 1.165) is 0 Å². The lowest BCUT2D eigenvalue weighted by molar-refractivity contribution is 0.547. The van der Waals surface area contributed by atoms with E-state index in [-0.39, 0.29) is 4.90 Å². The molecule has 2 aromatic rings. The van der Waals surface area contributed by atoms with Gasteiger partial charge in [-0.15, -0.1) is 0 Å². The smallest absolute Gasteiger partial charge is 0.244 e. The maximum absolute atomic E-state index is 12.3. The molecular formula is C10H16N6O2S. The summed E-state index contributed by atoms with van der Waals surface area (Å²) in [5.41, 5.74) is 0.458. The monoisotopic (exact) mass is 284 g/mol. The summed E-state index contributed by atoms with van der Waals surface area (Å²) in [5.74, 6) is 0.546. The summed E-state index contributed by atoms with van der Waals surface area (Å²) < 4.78 is 30.1. The number of hydrogen-bond acceptors (Lipinski definition) is 5. The van der Waals surface area contributed by atoms with E-state index in [1.54, 1.807) is 27.9 Å². The van der Waals surface area contributed by atoms with Gasteiger partial charge in [0.05, 0.1) is 11.7 Å². The van der Waals surface area contributed by atoms with Crippen molar-refractivity contribution < 1.29 is 8.42 Å². The van der Waals surface area contributed by atoms with Gasteiger partial charge in [0.25, 0.3) is 0 Å². The molecule has 1 N–H and O–H groups in total. The number of nitrogens with zero attached hydrogens (tertiary/aromatic N) is 5. The van der Waals surface area contributed by atoms with Crippen molar-refractivity contribution in [3.63, 3.8) is 0 Å². The average Bonchev–Trinajstić information content (AvgIpc) is 2.84. The average molecular weight is 284 g/mol. The molecule has 19 heavy (non-hydrogen) atoms. The number of nitrogens with one attached hydrogen (secondary N) is 1. The molecule has 0 aliphatic rings.